The molecule has 11 nitrogen and oxygen atoms in total. The van der Waals surface area contributed by atoms with E-state index in [4.69, 9.17) is 0 Å². The molecule has 0 aliphatic carbocycles. The number of benzene rings is 1. The highest BCUT2D eigenvalue weighted by atomic mass is 32.2. The number of nitro groups is 2. The maximum absolute atomic E-state index is 11.8. The number of rotatable bonds is 6. The quantitative estimate of drug-likeness (QED) is 0.184. The molecule has 12 heteroatoms. The lowest BCUT2D eigenvalue weighted by Gasteiger charge is -2.03. The monoisotopic (exact) mass is 332 g/mol. The first-order valence-electron chi connectivity index (χ1n) is 5.29. The molecule has 0 aliphatic rings. The number of hydrogen-bond acceptors (Lipinski definition) is 9. The third-order valence-corrected chi connectivity index (χ3v) is 3.46. The van der Waals surface area contributed by atoms with Gasteiger partial charge in [0.25, 0.3) is 11.4 Å². The van der Waals surface area contributed by atoms with Gasteiger partial charge >= 0.3 is 16.1 Å². The van der Waals surface area contributed by atoms with Crippen LogP contribution in [-0.2, 0) is 23.8 Å². The lowest BCUT2D eigenvalue weighted by Crippen LogP contribution is -2.07. The van der Waals surface area contributed by atoms with Crippen molar-refractivity contribution in [3.05, 3.63) is 50.8 Å². The van der Waals surface area contributed by atoms with Crippen LogP contribution < -0.4 is 0 Å². The van der Waals surface area contributed by atoms with Crippen LogP contribution in [0.1, 0.15) is 0 Å². The minimum Gasteiger partial charge on any atom is -0.466 e. The van der Waals surface area contributed by atoms with Crippen molar-refractivity contribution in [1.82, 2.24) is 0 Å². The molecule has 0 bridgehead atoms. The largest absolute Gasteiger partial charge is 0.466 e. The summed E-state index contributed by atoms with van der Waals surface area (Å²) in [6.45, 7) is 0. The molecule has 118 valence electrons. The average molecular weight is 332 g/mol. The van der Waals surface area contributed by atoms with Gasteiger partial charge < -0.3 is 8.92 Å². The lowest BCUT2D eigenvalue weighted by atomic mass is 10.3. The second-order valence-corrected chi connectivity index (χ2v) is 5.08. The van der Waals surface area contributed by atoms with Gasteiger partial charge in [-0.1, -0.05) is 0 Å². The zero-order valence-corrected chi connectivity index (χ0v) is 11.7. The Labute approximate surface area is 123 Å². The van der Waals surface area contributed by atoms with Crippen LogP contribution in [0.15, 0.2) is 35.4 Å². The molecule has 0 saturated carbocycles. The predicted octanol–water partition coefficient (Wildman–Crippen LogP) is 0.895. The van der Waals surface area contributed by atoms with Crippen molar-refractivity contribution in [3.63, 3.8) is 0 Å². The number of hydrogen-bond donors (Lipinski definition) is 0. The summed E-state index contributed by atoms with van der Waals surface area (Å²) >= 11 is 0. The molecule has 0 radical (unpaired) electrons. The number of carbonyl (C=O) groups is 1. The molecule has 0 aromatic heterocycles. The van der Waals surface area contributed by atoms with E-state index in [1.54, 1.807) is 0 Å². The van der Waals surface area contributed by atoms with Gasteiger partial charge in [-0.15, -0.1) is 0 Å². The fraction of sp³-hybridized carbons (Fsp3) is 0.100. The zero-order chi connectivity index (χ0) is 16.9. The van der Waals surface area contributed by atoms with Crippen molar-refractivity contribution >= 4 is 27.5 Å². The number of esters is 1. The van der Waals surface area contributed by atoms with Crippen LogP contribution in [0.25, 0.3) is 0 Å². The Hall–Kier alpha value is -3.02. The minimum absolute atomic E-state index is 0.465. The number of ether oxygens (including phenoxy) is 1. The summed E-state index contributed by atoms with van der Waals surface area (Å²) in [4.78, 5) is 29.3. The van der Waals surface area contributed by atoms with Gasteiger partial charge in [0.1, 0.15) is 6.26 Å². The van der Waals surface area contributed by atoms with Crippen molar-refractivity contribution in [3.8, 4) is 0 Å². The normalized spacial score (nSPS) is 11.1. The fourth-order valence-corrected chi connectivity index (χ4v) is 2.18. The molecule has 0 spiro atoms. The predicted molar refractivity (Wildman–Crippen MR) is 69.2 cm³/mol. The van der Waals surface area contributed by atoms with E-state index in [0.29, 0.717) is 24.5 Å². The molecule has 22 heavy (non-hydrogen) atoms. The average Bonchev–Trinajstić information content (AvgIpc) is 2.45. The van der Waals surface area contributed by atoms with E-state index < -0.39 is 42.2 Å². The van der Waals surface area contributed by atoms with Crippen LogP contribution in [0.2, 0.25) is 0 Å². The van der Waals surface area contributed by atoms with Gasteiger partial charge in [-0.3, -0.25) is 20.2 Å². The zero-order valence-electron chi connectivity index (χ0n) is 10.9. The highest BCUT2D eigenvalue weighted by Crippen LogP contribution is 2.29. The summed E-state index contributed by atoms with van der Waals surface area (Å²) < 4.78 is 32.1. The van der Waals surface area contributed by atoms with Gasteiger partial charge in [0.15, 0.2) is 4.90 Å². The van der Waals surface area contributed by atoms with Gasteiger partial charge in [0, 0.05) is 6.07 Å². The molecule has 0 heterocycles. The highest BCUT2D eigenvalue weighted by Gasteiger charge is 2.29. The van der Waals surface area contributed by atoms with Crippen LogP contribution in [-0.4, -0.2) is 31.3 Å². The van der Waals surface area contributed by atoms with E-state index in [1.165, 1.54) is 0 Å². The number of non-ortho nitro benzene ring substituents is 1. The molecular formula is C10H8N2O9S. The second kappa shape index (κ2) is 6.62. The van der Waals surface area contributed by atoms with Gasteiger partial charge in [-0.2, -0.15) is 8.42 Å². The first-order valence-corrected chi connectivity index (χ1v) is 6.70. The van der Waals surface area contributed by atoms with E-state index in [-0.39, 0.29) is 0 Å². The molecule has 1 rings (SSSR count). The van der Waals surface area contributed by atoms with Crippen molar-refractivity contribution in [2.24, 2.45) is 0 Å². The maximum Gasteiger partial charge on any atom is 0.345 e. The topological polar surface area (TPSA) is 156 Å². The Kier molecular flexibility index (Phi) is 5.13. The molecule has 0 amide bonds. The van der Waals surface area contributed by atoms with Crippen molar-refractivity contribution < 1.29 is 32.0 Å². The molecule has 0 unspecified atom stereocenters. The van der Waals surface area contributed by atoms with Crippen LogP contribution in [0.5, 0.6) is 0 Å². The van der Waals surface area contributed by atoms with Gasteiger partial charge in [-0.05, 0) is 6.07 Å². The lowest BCUT2D eigenvalue weighted by molar-refractivity contribution is -0.396. The standard InChI is InChI=1S/C10H8N2O9S/c1-20-10(13)4-5-21-22(18,19)9-3-2-7(11(14)15)6-8(9)12(16)17/h2-6H,1H3/b5-4-. The fourth-order valence-electron chi connectivity index (χ4n) is 1.25. The van der Waals surface area contributed by atoms with E-state index in [1.807, 2.05) is 0 Å². The van der Waals surface area contributed by atoms with Crippen LogP contribution >= 0.6 is 0 Å². The Bertz CT molecular complexity index is 754. The van der Waals surface area contributed by atoms with E-state index >= 15 is 0 Å². The Morgan fingerprint density at radius 1 is 1.23 bits per heavy atom. The van der Waals surface area contributed by atoms with Gasteiger partial charge in [0.2, 0.25) is 0 Å². The molecule has 0 N–H and O–H groups in total. The summed E-state index contributed by atoms with van der Waals surface area (Å²) in [5.74, 6) is -0.909. The SMILES string of the molecule is COC(=O)/C=C\OS(=O)(=O)c1ccc([N+](=O)[O-])cc1[N+](=O)[O-]. The Balaban J connectivity index is 3.24. The van der Waals surface area contributed by atoms with E-state index in [0.717, 1.165) is 13.2 Å². The molecule has 0 atom stereocenters. The molecule has 0 aliphatic heterocycles. The van der Waals surface area contributed by atoms with Gasteiger partial charge in [0.05, 0.1) is 29.1 Å². The molecule has 1 aromatic carbocycles. The Morgan fingerprint density at radius 2 is 1.86 bits per heavy atom. The smallest absolute Gasteiger partial charge is 0.345 e. The van der Waals surface area contributed by atoms with E-state index in [2.05, 4.69) is 8.92 Å². The van der Waals surface area contributed by atoms with Gasteiger partial charge in [-0.25, -0.2) is 4.79 Å². The van der Waals surface area contributed by atoms with Crippen molar-refractivity contribution in [2.45, 2.75) is 4.90 Å². The summed E-state index contributed by atoms with van der Waals surface area (Å²) in [6, 6.07) is 1.92. The maximum atomic E-state index is 11.8. The summed E-state index contributed by atoms with van der Waals surface area (Å²) in [6.07, 6.45) is 1.10. The second-order valence-electron chi connectivity index (χ2n) is 3.54. The first-order chi connectivity index (χ1) is 10.2. The van der Waals surface area contributed by atoms with Crippen LogP contribution in [0, 0.1) is 20.2 Å². The Morgan fingerprint density at radius 3 is 2.36 bits per heavy atom. The molecule has 0 saturated heterocycles. The number of methoxy groups -OCH3 is 1. The van der Waals surface area contributed by atoms with Crippen LogP contribution in [0.3, 0.4) is 0 Å². The molecule has 0 fully saturated rings. The summed E-state index contributed by atoms with van der Waals surface area (Å²) in [5, 5.41) is 21.4. The highest BCUT2D eigenvalue weighted by molar-refractivity contribution is 7.87. The molecular weight excluding hydrogens is 324 g/mol. The van der Waals surface area contributed by atoms with Crippen molar-refractivity contribution in [2.75, 3.05) is 7.11 Å². The number of nitrogens with zero attached hydrogens (tertiary/aromatic N) is 2. The first kappa shape index (κ1) is 17.0. The molecule has 1 aromatic rings. The van der Waals surface area contributed by atoms with Crippen molar-refractivity contribution in [1.29, 1.82) is 0 Å². The minimum atomic E-state index is -4.64. The number of nitro benzene ring substituents is 2. The summed E-state index contributed by atoms with van der Waals surface area (Å²) in [7, 11) is -3.60. The third kappa shape index (κ3) is 3.99. The van der Waals surface area contributed by atoms with E-state index in [9.17, 15) is 33.4 Å². The number of carbonyl (C=O) groups excluding carboxylic acids is 1. The third-order valence-electron chi connectivity index (χ3n) is 2.21. The summed E-state index contributed by atoms with van der Waals surface area (Å²) in [5.41, 5.74) is -1.68. The van der Waals surface area contributed by atoms with Crippen LogP contribution in [0.4, 0.5) is 11.4 Å².